The maximum absolute atomic E-state index is 10.4. The molecule has 0 heterocycles. The Labute approximate surface area is 121 Å². The van der Waals surface area contributed by atoms with Gasteiger partial charge in [0.05, 0.1) is 6.10 Å². The first-order valence-electron chi connectivity index (χ1n) is 8.21. The molecular formula is C18H26O2. The lowest BCUT2D eigenvalue weighted by molar-refractivity contribution is -0.0285. The molecule has 1 aromatic rings. The van der Waals surface area contributed by atoms with Crippen molar-refractivity contribution in [1.82, 2.24) is 0 Å². The van der Waals surface area contributed by atoms with Gasteiger partial charge in [-0.3, -0.25) is 0 Å². The number of rotatable bonds is 4. The molecule has 0 aliphatic heterocycles. The Hall–Kier alpha value is -0.860. The van der Waals surface area contributed by atoms with Crippen LogP contribution in [0.5, 0.6) is 0 Å². The zero-order valence-corrected chi connectivity index (χ0v) is 12.2. The molecule has 2 aliphatic rings. The predicted octanol–water partition coefficient (Wildman–Crippen LogP) is 3.93. The second-order valence-electron chi connectivity index (χ2n) is 6.63. The SMILES string of the molecule is OC(c1ccc(C2CCC2)cc1)C(O)C1CCCCC1. The predicted molar refractivity (Wildman–Crippen MR) is 80.6 cm³/mol. The highest BCUT2D eigenvalue weighted by Crippen LogP contribution is 2.37. The van der Waals surface area contributed by atoms with E-state index < -0.39 is 12.2 Å². The number of aliphatic hydroxyl groups excluding tert-OH is 2. The van der Waals surface area contributed by atoms with E-state index in [1.54, 1.807) is 0 Å². The summed E-state index contributed by atoms with van der Waals surface area (Å²) in [6.45, 7) is 0. The molecule has 0 amide bonds. The largest absolute Gasteiger partial charge is 0.390 e. The zero-order valence-electron chi connectivity index (χ0n) is 12.2. The van der Waals surface area contributed by atoms with Gasteiger partial charge in [-0.15, -0.1) is 0 Å². The van der Waals surface area contributed by atoms with Gasteiger partial charge in [0.2, 0.25) is 0 Å². The maximum Gasteiger partial charge on any atom is 0.105 e. The fraction of sp³-hybridized carbons (Fsp3) is 0.667. The standard InChI is InChI=1S/C18H26O2/c19-17(15-5-2-1-3-6-15)18(20)16-11-9-14(10-12-16)13-7-4-8-13/h9-13,15,17-20H,1-8H2. The molecule has 1 aromatic carbocycles. The van der Waals surface area contributed by atoms with Crippen molar-refractivity contribution in [2.75, 3.05) is 0 Å². The van der Waals surface area contributed by atoms with Crippen LogP contribution in [0.15, 0.2) is 24.3 Å². The topological polar surface area (TPSA) is 40.5 Å². The van der Waals surface area contributed by atoms with Gasteiger partial charge in [-0.1, -0.05) is 49.9 Å². The van der Waals surface area contributed by atoms with E-state index in [1.807, 2.05) is 12.1 Å². The zero-order chi connectivity index (χ0) is 13.9. The first kappa shape index (κ1) is 14.1. The van der Waals surface area contributed by atoms with Crippen molar-refractivity contribution in [3.8, 4) is 0 Å². The Bertz CT molecular complexity index is 416. The van der Waals surface area contributed by atoms with E-state index in [0.29, 0.717) is 0 Å². The average molecular weight is 274 g/mol. The first-order valence-corrected chi connectivity index (χ1v) is 8.21. The van der Waals surface area contributed by atoms with Crippen molar-refractivity contribution in [3.05, 3.63) is 35.4 Å². The molecule has 0 bridgehead atoms. The minimum atomic E-state index is -0.728. The minimum absolute atomic E-state index is 0.269. The summed E-state index contributed by atoms with van der Waals surface area (Å²) in [5.74, 6) is 0.995. The minimum Gasteiger partial charge on any atom is -0.390 e. The third-order valence-electron chi connectivity index (χ3n) is 5.31. The molecule has 20 heavy (non-hydrogen) atoms. The number of benzene rings is 1. The van der Waals surface area contributed by atoms with Crippen molar-refractivity contribution >= 4 is 0 Å². The molecule has 2 unspecified atom stereocenters. The van der Waals surface area contributed by atoms with E-state index >= 15 is 0 Å². The Morgan fingerprint density at radius 3 is 2.00 bits per heavy atom. The van der Waals surface area contributed by atoms with Crippen LogP contribution in [0, 0.1) is 5.92 Å². The van der Waals surface area contributed by atoms with Crippen LogP contribution in [0.1, 0.15) is 74.5 Å². The summed E-state index contributed by atoms with van der Waals surface area (Å²) >= 11 is 0. The molecule has 110 valence electrons. The van der Waals surface area contributed by atoms with Crippen LogP contribution in [0.3, 0.4) is 0 Å². The lowest BCUT2D eigenvalue weighted by atomic mass is 9.79. The van der Waals surface area contributed by atoms with Crippen molar-refractivity contribution in [3.63, 3.8) is 0 Å². The van der Waals surface area contributed by atoms with Gasteiger partial charge >= 0.3 is 0 Å². The van der Waals surface area contributed by atoms with Gasteiger partial charge in [0, 0.05) is 0 Å². The Balaban J connectivity index is 1.64. The number of aliphatic hydroxyl groups is 2. The van der Waals surface area contributed by atoms with Gasteiger partial charge in [-0.25, -0.2) is 0 Å². The summed E-state index contributed by atoms with van der Waals surface area (Å²) in [5, 5.41) is 20.8. The van der Waals surface area contributed by atoms with Crippen molar-refractivity contribution in [2.45, 2.75) is 69.5 Å². The van der Waals surface area contributed by atoms with E-state index in [1.165, 1.54) is 44.1 Å². The molecule has 0 aromatic heterocycles. The van der Waals surface area contributed by atoms with Crippen LogP contribution in [0.4, 0.5) is 0 Å². The highest BCUT2D eigenvalue weighted by molar-refractivity contribution is 5.28. The van der Waals surface area contributed by atoms with Gasteiger partial charge < -0.3 is 10.2 Å². The molecule has 2 nitrogen and oxygen atoms in total. The van der Waals surface area contributed by atoms with Gasteiger partial charge in [0.15, 0.2) is 0 Å². The van der Waals surface area contributed by atoms with Crippen molar-refractivity contribution < 1.29 is 10.2 Å². The molecule has 0 saturated heterocycles. The lowest BCUT2D eigenvalue weighted by Crippen LogP contribution is -2.29. The third-order valence-corrected chi connectivity index (χ3v) is 5.31. The van der Waals surface area contributed by atoms with Crippen LogP contribution < -0.4 is 0 Å². The summed E-state index contributed by atoms with van der Waals surface area (Å²) in [4.78, 5) is 0. The van der Waals surface area contributed by atoms with Gasteiger partial charge in [-0.2, -0.15) is 0 Å². The summed E-state index contributed by atoms with van der Waals surface area (Å²) in [6.07, 6.45) is 8.36. The second kappa shape index (κ2) is 6.28. The van der Waals surface area contributed by atoms with E-state index in [-0.39, 0.29) is 5.92 Å². The third kappa shape index (κ3) is 2.91. The molecule has 0 spiro atoms. The van der Waals surface area contributed by atoms with Gasteiger partial charge in [0.1, 0.15) is 6.10 Å². The van der Waals surface area contributed by atoms with E-state index in [0.717, 1.165) is 24.3 Å². The van der Waals surface area contributed by atoms with E-state index in [2.05, 4.69) is 12.1 Å². The molecule has 3 rings (SSSR count). The Morgan fingerprint density at radius 1 is 0.800 bits per heavy atom. The Morgan fingerprint density at radius 2 is 1.45 bits per heavy atom. The van der Waals surface area contributed by atoms with E-state index in [4.69, 9.17) is 0 Å². The summed E-state index contributed by atoms with van der Waals surface area (Å²) in [7, 11) is 0. The van der Waals surface area contributed by atoms with E-state index in [9.17, 15) is 10.2 Å². The molecular weight excluding hydrogens is 248 g/mol. The van der Waals surface area contributed by atoms with Gasteiger partial charge in [-0.05, 0) is 48.6 Å². The highest BCUT2D eigenvalue weighted by atomic mass is 16.3. The van der Waals surface area contributed by atoms with Crippen LogP contribution in [0.2, 0.25) is 0 Å². The normalized spacial score (nSPS) is 24.1. The smallest absolute Gasteiger partial charge is 0.105 e. The van der Waals surface area contributed by atoms with Crippen LogP contribution in [0.25, 0.3) is 0 Å². The monoisotopic (exact) mass is 274 g/mol. The highest BCUT2D eigenvalue weighted by Gasteiger charge is 2.28. The molecule has 0 radical (unpaired) electrons. The molecule has 2 N–H and O–H groups in total. The fourth-order valence-electron chi connectivity index (χ4n) is 3.64. The van der Waals surface area contributed by atoms with Crippen molar-refractivity contribution in [1.29, 1.82) is 0 Å². The number of hydrogen-bond acceptors (Lipinski definition) is 2. The summed E-state index contributed by atoms with van der Waals surface area (Å²) in [6, 6.07) is 8.28. The lowest BCUT2D eigenvalue weighted by Gasteiger charge is -2.30. The maximum atomic E-state index is 10.4. The molecule has 2 heteroatoms. The Kier molecular flexibility index (Phi) is 4.42. The van der Waals surface area contributed by atoms with Crippen LogP contribution in [-0.2, 0) is 0 Å². The second-order valence-corrected chi connectivity index (χ2v) is 6.63. The number of hydrogen-bond donors (Lipinski definition) is 2. The summed E-state index contributed by atoms with van der Waals surface area (Å²) < 4.78 is 0. The molecule has 2 atom stereocenters. The van der Waals surface area contributed by atoms with Gasteiger partial charge in [0.25, 0.3) is 0 Å². The van der Waals surface area contributed by atoms with Crippen LogP contribution in [-0.4, -0.2) is 16.3 Å². The summed E-state index contributed by atoms with van der Waals surface area (Å²) in [5.41, 5.74) is 2.26. The molecule has 2 saturated carbocycles. The first-order chi connectivity index (χ1) is 9.75. The fourth-order valence-corrected chi connectivity index (χ4v) is 3.64. The molecule has 2 aliphatic carbocycles. The van der Waals surface area contributed by atoms with Crippen molar-refractivity contribution in [2.24, 2.45) is 5.92 Å². The quantitative estimate of drug-likeness (QED) is 0.873. The average Bonchev–Trinajstić information content (AvgIpc) is 2.46. The van der Waals surface area contributed by atoms with Crippen LogP contribution >= 0.6 is 0 Å². The molecule has 2 fully saturated rings.